The van der Waals surface area contributed by atoms with Crippen molar-refractivity contribution < 1.29 is 8.42 Å². The topological polar surface area (TPSA) is 70.0 Å². The van der Waals surface area contributed by atoms with Gasteiger partial charge in [-0.1, -0.05) is 23.2 Å². The second-order valence-electron chi connectivity index (χ2n) is 4.77. The predicted molar refractivity (Wildman–Crippen MR) is 73.5 cm³/mol. The monoisotopic (exact) mass is 318 g/mol. The predicted octanol–water partition coefficient (Wildman–Crippen LogP) is 2.96. The smallest absolute Gasteiger partial charge is 0.207 e. The summed E-state index contributed by atoms with van der Waals surface area (Å²) in [5.41, 5.74) is -1.11. The van der Waals surface area contributed by atoms with Crippen LogP contribution in [-0.2, 0) is 10.0 Å². The molecule has 1 N–H and O–H groups in total. The van der Waals surface area contributed by atoms with E-state index in [4.69, 9.17) is 23.2 Å². The van der Waals surface area contributed by atoms with Gasteiger partial charge in [-0.2, -0.15) is 9.98 Å². The van der Waals surface area contributed by atoms with Crippen molar-refractivity contribution in [3.05, 3.63) is 28.2 Å². The number of rotatable bonds is 4. The molecule has 1 aliphatic carbocycles. The molecular weight excluding hydrogens is 307 g/mol. The third kappa shape index (κ3) is 3.03. The number of nitrogens with one attached hydrogen (secondary N) is 1. The highest BCUT2D eigenvalue weighted by Crippen LogP contribution is 2.40. The average Bonchev–Trinajstić information content (AvgIpc) is 3.15. The number of nitrogens with zero attached hydrogens (tertiary/aromatic N) is 1. The molecule has 102 valence electrons. The zero-order valence-corrected chi connectivity index (χ0v) is 12.5. The van der Waals surface area contributed by atoms with Crippen LogP contribution in [-0.4, -0.2) is 14.0 Å². The number of nitriles is 1. The summed E-state index contributed by atoms with van der Waals surface area (Å²) >= 11 is 11.7. The zero-order chi connectivity index (χ0) is 14.3. The molecule has 1 atom stereocenters. The van der Waals surface area contributed by atoms with Crippen molar-refractivity contribution >= 4 is 33.2 Å². The Balaban J connectivity index is 2.38. The van der Waals surface area contributed by atoms with Crippen molar-refractivity contribution in [3.8, 4) is 6.07 Å². The van der Waals surface area contributed by atoms with Crippen LogP contribution in [0.15, 0.2) is 23.1 Å². The lowest BCUT2D eigenvalue weighted by Gasteiger charge is -2.23. The first-order valence-electron chi connectivity index (χ1n) is 5.69. The van der Waals surface area contributed by atoms with Gasteiger partial charge >= 0.3 is 0 Å². The molecular formula is C12H12Cl2N2O2S. The standard InChI is InChI=1S/C12H12Cl2N2O2S/c1-12(7-15,8-2-3-8)16-19(17,18)11-6-9(13)4-5-10(11)14/h4-6,8,16H,2-3H2,1H3/t12-/m1/s1. The molecule has 0 spiro atoms. The second-order valence-corrected chi connectivity index (χ2v) is 7.26. The van der Waals surface area contributed by atoms with E-state index < -0.39 is 15.6 Å². The number of sulfonamides is 1. The summed E-state index contributed by atoms with van der Waals surface area (Å²) < 4.78 is 27.0. The molecule has 0 heterocycles. The van der Waals surface area contributed by atoms with E-state index in [9.17, 15) is 13.7 Å². The quantitative estimate of drug-likeness (QED) is 0.927. The maximum absolute atomic E-state index is 12.3. The van der Waals surface area contributed by atoms with E-state index in [2.05, 4.69) is 4.72 Å². The Labute approximate surface area is 122 Å². The van der Waals surface area contributed by atoms with Crippen molar-refractivity contribution in [2.24, 2.45) is 5.92 Å². The Hall–Kier alpha value is -0.800. The van der Waals surface area contributed by atoms with Gasteiger partial charge < -0.3 is 0 Å². The fourth-order valence-electron chi connectivity index (χ4n) is 1.88. The number of hydrogen-bond donors (Lipinski definition) is 1. The van der Waals surface area contributed by atoms with E-state index in [1.165, 1.54) is 18.2 Å². The molecule has 19 heavy (non-hydrogen) atoms. The number of benzene rings is 1. The van der Waals surface area contributed by atoms with Crippen molar-refractivity contribution in [1.29, 1.82) is 5.26 Å². The van der Waals surface area contributed by atoms with E-state index in [1.54, 1.807) is 6.92 Å². The Morgan fingerprint density at radius 1 is 1.42 bits per heavy atom. The third-order valence-electron chi connectivity index (χ3n) is 3.16. The lowest BCUT2D eigenvalue weighted by molar-refractivity contribution is 0.458. The first-order chi connectivity index (χ1) is 8.78. The van der Waals surface area contributed by atoms with Gasteiger partial charge in [-0.25, -0.2) is 8.42 Å². The van der Waals surface area contributed by atoms with E-state index in [-0.39, 0.29) is 20.9 Å². The molecule has 1 aromatic rings. The van der Waals surface area contributed by atoms with E-state index in [0.29, 0.717) is 0 Å². The van der Waals surface area contributed by atoms with Crippen LogP contribution in [0.1, 0.15) is 19.8 Å². The van der Waals surface area contributed by atoms with Crippen LogP contribution < -0.4 is 4.72 Å². The van der Waals surface area contributed by atoms with Gasteiger partial charge in [-0.15, -0.1) is 0 Å². The summed E-state index contributed by atoms with van der Waals surface area (Å²) in [7, 11) is -3.88. The zero-order valence-electron chi connectivity index (χ0n) is 10.2. The molecule has 0 radical (unpaired) electrons. The van der Waals surface area contributed by atoms with Gasteiger partial charge in [-0.3, -0.25) is 0 Å². The SMILES string of the molecule is C[C@](C#N)(NS(=O)(=O)c1cc(Cl)ccc1Cl)C1CC1. The van der Waals surface area contributed by atoms with Gasteiger partial charge in [-0.05, 0) is 43.9 Å². The summed E-state index contributed by atoms with van der Waals surface area (Å²) in [5, 5.41) is 9.54. The molecule has 0 aromatic heterocycles. The van der Waals surface area contributed by atoms with E-state index in [1.807, 2.05) is 6.07 Å². The fourth-order valence-corrected chi connectivity index (χ4v) is 4.02. The van der Waals surface area contributed by atoms with Gasteiger partial charge in [0.05, 0.1) is 11.1 Å². The highest BCUT2D eigenvalue weighted by molar-refractivity contribution is 7.89. The highest BCUT2D eigenvalue weighted by Gasteiger charge is 2.45. The maximum Gasteiger partial charge on any atom is 0.243 e. The van der Waals surface area contributed by atoms with Gasteiger partial charge in [0.2, 0.25) is 10.0 Å². The molecule has 1 fully saturated rings. The minimum Gasteiger partial charge on any atom is -0.207 e. The molecule has 0 amide bonds. The molecule has 2 rings (SSSR count). The van der Waals surface area contributed by atoms with Gasteiger partial charge in [0.15, 0.2) is 0 Å². The lowest BCUT2D eigenvalue weighted by Crippen LogP contribution is -2.46. The molecule has 0 aliphatic heterocycles. The summed E-state index contributed by atoms with van der Waals surface area (Å²) in [5.74, 6) is 0.0465. The number of hydrogen-bond acceptors (Lipinski definition) is 3. The Kier molecular flexibility index (Phi) is 3.80. The first-order valence-corrected chi connectivity index (χ1v) is 7.93. The van der Waals surface area contributed by atoms with E-state index in [0.717, 1.165) is 12.8 Å². The summed E-state index contributed by atoms with van der Waals surface area (Å²) in [4.78, 5) is -0.108. The summed E-state index contributed by atoms with van der Waals surface area (Å²) in [6.07, 6.45) is 1.69. The number of halogens is 2. The Morgan fingerprint density at radius 3 is 2.58 bits per heavy atom. The molecule has 0 saturated heterocycles. The molecule has 0 bridgehead atoms. The van der Waals surface area contributed by atoms with Crippen LogP contribution in [0.5, 0.6) is 0 Å². The highest BCUT2D eigenvalue weighted by atomic mass is 35.5. The molecule has 0 unspecified atom stereocenters. The first kappa shape index (κ1) is 14.6. The largest absolute Gasteiger partial charge is 0.243 e. The van der Waals surface area contributed by atoms with Gasteiger partial charge in [0.1, 0.15) is 10.4 Å². The van der Waals surface area contributed by atoms with Crippen molar-refractivity contribution in [1.82, 2.24) is 4.72 Å². The van der Waals surface area contributed by atoms with Crippen molar-refractivity contribution in [2.45, 2.75) is 30.2 Å². The summed E-state index contributed by atoms with van der Waals surface area (Å²) in [6.45, 7) is 1.58. The van der Waals surface area contributed by atoms with Crippen LogP contribution in [0.4, 0.5) is 0 Å². The minimum atomic E-state index is -3.88. The molecule has 7 heteroatoms. The van der Waals surface area contributed by atoms with Gasteiger partial charge in [0, 0.05) is 5.02 Å². The average molecular weight is 319 g/mol. The van der Waals surface area contributed by atoms with Crippen LogP contribution in [0.2, 0.25) is 10.0 Å². The van der Waals surface area contributed by atoms with Crippen molar-refractivity contribution in [2.75, 3.05) is 0 Å². The second kappa shape index (κ2) is 4.95. The fraction of sp³-hybridized carbons (Fsp3) is 0.417. The van der Waals surface area contributed by atoms with Crippen molar-refractivity contribution in [3.63, 3.8) is 0 Å². The Morgan fingerprint density at radius 2 is 2.05 bits per heavy atom. The molecule has 4 nitrogen and oxygen atoms in total. The molecule has 1 aliphatic rings. The van der Waals surface area contributed by atoms with Crippen LogP contribution in [0, 0.1) is 17.2 Å². The third-order valence-corrected chi connectivity index (χ3v) is 5.44. The Bertz CT molecular complexity index is 650. The minimum absolute atomic E-state index is 0.0465. The molecule has 1 saturated carbocycles. The normalized spacial score (nSPS) is 18.6. The van der Waals surface area contributed by atoms with Crippen LogP contribution in [0.3, 0.4) is 0 Å². The van der Waals surface area contributed by atoms with Crippen LogP contribution >= 0.6 is 23.2 Å². The maximum atomic E-state index is 12.3. The van der Waals surface area contributed by atoms with E-state index >= 15 is 0 Å². The van der Waals surface area contributed by atoms with Gasteiger partial charge in [0.25, 0.3) is 0 Å². The lowest BCUT2D eigenvalue weighted by atomic mass is 10.0. The molecule has 1 aromatic carbocycles. The van der Waals surface area contributed by atoms with Crippen LogP contribution in [0.25, 0.3) is 0 Å². The summed E-state index contributed by atoms with van der Waals surface area (Å²) in [6, 6.07) is 6.23.